The molecule has 2 aliphatic rings. The van der Waals surface area contributed by atoms with Gasteiger partial charge in [-0.05, 0) is 56.8 Å². The molecule has 0 aliphatic carbocycles. The molecule has 0 spiro atoms. The highest BCUT2D eigenvalue weighted by molar-refractivity contribution is 7.14. The first-order valence-corrected chi connectivity index (χ1v) is 12.1. The van der Waals surface area contributed by atoms with E-state index in [0.717, 1.165) is 50.6 Å². The third kappa shape index (κ3) is 6.66. The summed E-state index contributed by atoms with van der Waals surface area (Å²) >= 11 is 1.77. The Morgan fingerprint density at radius 3 is 2.82 bits per heavy atom. The molecule has 0 unspecified atom stereocenters. The minimum Gasteiger partial charge on any atom is -0.484 e. The first-order valence-electron chi connectivity index (χ1n) is 11.3. The van der Waals surface area contributed by atoms with E-state index >= 15 is 0 Å². The molecule has 2 amide bonds. The van der Waals surface area contributed by atoms with Gasteiger partial charge in [0.05, 0.1) is 6.61 Å². The zero-order chi connectivity index (χ0) is 19.6. The Morgan fingerprint density at radius 1 is 1.14 bits per heavy atom. The average molecular weight is 408 g/mol. The van der Waals surface area contributed by atoms with Gasteiger partial charge < -0.3 is 19.9 Å². The number of amides is 2. The van der Waals surface area contributed by atoms with Gasteiger partial charge in [0, 0.05) is 31.1 Å². The van der Waals surface area contributed by atoms with E-state index in [-0.39, 0.29) is 6.03 Å². The lowest BCUT2D eigenvalue weighted by molar-refractivity contribution is 0.192. The highest BCUT2D eigenvalue weighted by atomic mass is 32.1. The van der Waals surface area contributed by atoms with Crippen LogP contribution in [-0.2, 0) is 13.0 Å². The molecule has 1 aromatic heterocycles. The summed E-state index contributed by atoms with van der Waals surface area (Å²) in [5, 5.41) is 4.10. The Labute approximate surface area is 174 Å². The molecule has 5 nitrogen and oxygen atoms in total. The number of urea groups is 1. The van der Waals surface area contributed by atoms with Gasteiger partial charge in [-0.25, -0.2) is 4.79 Å². The first-order chi connectivity index (χ1) is 13.8. The van der Waals surface area contributed by atoms with Crippen LogP contribution in [-0.4, -0.2) is 55.2 Å². The number of thiophene rings is 1. The Kier molecular flexibility index (Phi) is 8.93. The van der Waals surface area contributed by atoms with Crippen LogP contribution in [0.25, 0.3) is 0 Å². The molecule has 1 saturated heterocycles. The maximum atomic E-state index is 12.4. The number of nitrogens with one attached hydrogen (secondary N) is 1. The van der Waals surface area contributed by atoms with E-state index in [9.17, 15) is 4.79 Å². The topological polar surface area (TPSA) is 44.8 Å². The van der Waals surface area contributed by atoms with E-state index in [1.165, 1.54) is 62.1 Å². The maximum Gasteiger partial charge on any atom is 0.317 e. The highest BCUT2D eigenvalue weighted by Crippen LogP contribution is 2.33. The van der Waals surface area contributed by atoms with Crippen LogP contribution < -0.4 is 10.1 Å². The van der Waals surface area contributed by atoms with Crippen LogP contribution in [0.1, 0.15) is 68.7 Å². The number of carbonyl (C=O) groups excluding carboxylic acids is 1. The zero-order valence-corrected chi connectivity index (χ0v) is 18.3. The quantitative estimate of drug-likeness (QED) is 0.574. The lowest BCUT2D eigenvalue weighted by atomic mass is 10.1. The van der Waals surface area contributed by atoms with Crippen molar-refractivity contribution < 1.29 is 9.53 Å². The van der Waals surface area contributed by atoms with Gasteiger partial charge in [0.25, 0.3) is 0 Å². The molecule has 0 radical (unpaired) electrons. The number of rotatable bonds is 10. The van der Waals surface area contributed by atoms with Gasteiger partial charge in [-0.2, -0.15) is 0 Å². The number of fused-ring (bicyclic) bond motifs is 1. The SMILES string of the molecule is CCCCCCNC(=O)N1CCc2sc(OCCCN3CCCCC3)cc2C1. The third-order valence-corrected chi connectivity index (χ3v) is 6.90. The number of ether oxygens (including phenoxy) is 1. The van der Waals surface area contributed by atoms with E-state index in [4.69, 9.17) is 4.74 Å². The number of piperidine rings is 1. The predicted molar refractivity (Wildman–Crippen MR) is 116 cm³/mol. The second-order valence-electron chi connectivity index (χ2n) is 8.08. The smallest absolute Gasteiger partial charge is 0.317 e. The fraction of sp³-hybridized carbons (Fsp3) is 0.773. The molecule has 3 rings (SSSR count). The van der Waals surface area contributed by atoms with Gasteiger partial charge in [0.2, 0.25) is 0 Å². The number of unbranched alkanes of at least 4 members (excludes halogenated alkanes) is 3. The Morgan fingerprint density at radius 2 is 2.00 bits per heavy atom. The monoisotopic (exact) mass is 407 g/mol. The molecular weight excluding hydrogens is 370 g/mol. The van der Waals surface area contributed by atoms with Crippen molar-refractivity contribution in [2.45, 2.75) is 71.3 Å². The van der Waals surface area contributed by atoms with E-state index in [2.05, 4.69) is 23.2 Å². The van der Waals surface area contributed by atoms with Gasteiger partial charge in [0.15, 0.2) is 5.06 Å². The van der Waals surface area contributed by atoms with E-state index in [0.29, 0.717) is 6.54 Å². The molecule has 3 heterocycles. The number of carbonyl (C=O) groups is 1. The van der Waals surface area contributed by atoms with Crippen molar-refractivity contribution in [2.24, 2.45) is 0 Å². The Hall–Kier alpha value is -1.27. The number of likely N-dealkylation sites (tertiary alicyclic amines) is 1. The summed E-state index contributed by atoms with van der Waals surface area (Å²) in [6.45, 7) is 8.96. The summed E-state index contributed by atoms with van der Waals surface area (Å²) in [6.07, 6.45) is 10.9. The normalized spacial score (nSPS) is 17.4. The van der Waals surface area contributed by atoms with Crippen LogP contribution in [0.15, 0.2) is 6.07 Å². The molecule has 6 heteroatoms. The second-order valence-corrected chi connectivity index (χ2v) is 9.18. The molecule has 0 atom stereocenters. The van der Waals surface area contributed by atoms with Crippen molar-refractivity contribution in [1.82, 2.24) is 15.1 Å². The van der Waals surface area contributed by atoms with Crippen LogP contribution >= 0.6 is 11.3 Å². The minimum absolute atomic E-state index is 0.0809. The first kappa shape index (κ1) is 21.4. The predicted octanol–water partition coefficient (Wildman–Crippen LogP) is 4.65. The lowest BCUT2D eigenvalue weighted by Gasteiger charge is -2.27. The molecule has 1 N–H and O–H groups in total. The highest BCUT2D eigenvalue weighted by Gasteiger charge is 2.23. The van der Waals surface area contributed by atoms with Gasteiger partial charge in [-0.3, -0.25) is 0 Å². The van der Waals surface area contributed by atoms with Crippen molar-refractivity contribution in [2.75, 3.05) is 39.3 Å². The van der Waals surface area contributed by atoms with Gasteiger partial charge in [-0.15, -0.1) is 11.3 Å². The van der Waals surface area contributed by atoms with Crippen molar-refractivity contribution in [1.29, 1.82) is 0 Å². The number of hydrogen-bond acceptors (Lipinski definition) is 4. The minimum atomic E-state index is 0.0809. The fourth-order valence-electron chi connectivity index (χ4n) is 4.05. The third-order valence-electron chi connectivity index (χ3n) is 5.75. The standard InChI is InChI=1S/C22H37N3O2S/c1-2-3-4-6-11-23-22(26)25-15-10-20-19(18-25)17-21(28-20)27-16-9-14-24-12-7-5-8-13-24/h17H,2-16,18H2,1H3,(H,23,26). The molecule has 0 aromatic carbocycles. The van der Waals surface area contributed by atoms with Crippen LogP contribution in [0.3, 0.4) is 0 Å². The largest absolute Gasteiger partial charge is 0.484 e. The van der Waals surface area contributed by atoms with Crippen LogP contribution in [0.4, 0.5) is 4.79 Å². The Bertz CT molecular complexity index is 599. The summed E-state index contributed by atoms with van der Waals surface area (Å²) in [6, 6.07) is 2.24. The molecule has 0 bridgehead atoms. The maximum absolute atomic E-state index is 12.4. The Balaban J connectivity index is 1.36. The van der Waals surface area contributed by atoms with Crippen molar-refractivity contribution in [3.63, 3.8) is 0 Å². The zero-order valence-electron chi connectivity index (χ0n) is 17.5. The molecule has 1 aromatic rings. The summed E-state index contributed by atoms with van der Waals surface area (Å²) in [4.78, 5) is 18.3. The number of nitrogens with zero attached hydrogens (tertiary/aromatic N) is 2. The number of hydrogen-bond donors (Lipinski definition) is 1. The van der Waals surface area contributed by atoms with Crippen molar-refractivity contribution in [3.05, 3.63) is 16.5 Å². The molecule has 158 valence electrons. The molecule has 28 heavy (non-hydrogen) atoms. The molecule has 1 fully saturated rings. The summed E-state index contributed by atoms with van der Waals surface area (Å²) in [5.41, 5.74) is 1.27. The summed E-state index contributed by atoms with van der Waals surface area (Å²) in [7, 11) is 0. The van der Waals surface area contributed by atoms with Crippen LogP contribution in [0, 0.1) is 0 Å². The van der Waals surface area contributed by atoms with E-state index in [1.807, 2.05) is 4.90 Å². The van der Waals surface area contributed by atoms with Gasteiger partial charge >= 0.3 is 6.03 Å². The van der Waals surface area contributed by atoms with E-state index in [1.54, 1.807) is 11.3 Å². The van der Waals surface area contributed by atoms with Crippen LogP contribution in [0.5, 0.6) is 5.06 Å². The van der Waals surface area contributed by atoms with Crippen molar-refractivity contribution in [3.8, 4) is 5.06 Å². The summed E-state index contributed by atoms with van der Waals surface area (Å²) in [5.74, 6) is 0. The summed E-state index contributed by atoms with van der Waals surface area (Å²) < 4.78 is 6.02. The molecule has 0 saturated carbocycles. The lowest BCUT2D eigenvalue weighted by Crippen LogP contribution is -2.42. The average Bonchev–Trinajstić information content (AvgIpc) is 3.13. The van der Waals surface area contributed by atoms with Gasteiger partial charge in [-0.1, -0.05) is 32.6 Å². The van der Waals surface area contributed by atoms with Crippen molar-refractivity contribution >= 4 is 17.4 Å². The molecular formula is C22H37N3O2S. The van der Waals surface area contributed by atoms with Crippen LogP contribution in [0.2, 0.25) is 0 Å². The van der Waals surface area contributed by atoms with E-state index < -0.39 is 0 Å². The second kappa shape index (κ2) is 11.7. The van der Waals surface area contributed by atoms with Gasteiger partial charge in [0.1, 0.15) is 0 Å². The molecule has 2 aliphatic heterocycles. The fourth-order valence-corrected chi connectivity index (χ4v) is 5.09.